The van der Waals surface area contributed by atoms with Crippen LogP contribution in [0, 0.1) is 13.8 Å². The number of benzene rings is 1. The van der Waals surface area contributed by atoms with Gasteiger partial charge in [-0.2, -0.15) is 5.10 Å². The van der Waals surface area contributed by atoms with E-state index in [1.165, 1.54) is 0 Å². The van der Waals surface area contributed by atoms with Crippen LogP contribution in [0.5, 0.6) is 0 Å². The van der Waals surface area contributed by atoms with E-state index in [0.29, 0.717) is 22.0 Å². The van der Waals surface area contributed by atoms with Crippen molar-refractivity contribution < 1.29 is 4.79 Å². The molecule has 0 bridgehead atoms. The average Bonchev–Trinajstić information content (AvgIpc) is 2.69. The third-order valence-corrected chi connectivity index (χ3v) is 3.55. The minimum atomic E-state index is -0.287. The quantitative estimate of drug-likeness (QED) is 0.851. The maximum absolute atomic E-state index is 12.4. The topological polar surface area (TPSA) is 72.9 Å². The average molecular weight is 307 g/mol. The summed E-state index contributed by atoms with van der Waals surface area (Å²) in [4.78, 5) is 12.4. The molecule has 112 valence electrons. The number of hydrogen-bond donors (Lipinski definition) is 2. The number of nitrogens with zero attached hydrogens (tertiary/aromatic N) is 2. The highest BCUT2D eigenvalue weighted by molar-refractivity contribution is 6.31. The number of nitrogens with one attached hydrogen (secondary N) is 1. The Morgan fingerprint density at radius 2 is 2.05 bits per heavy atom. The normalized spacial score (nSPS) is 11.0. The molecule has 1 aromatic heterocycles. The van der Waals surface area contributed by atoms with E-state index >= 15 is 0 Å². The summed E-state index contributed by atoms with van der Waals surface area (Å²) in [5, 5.41) is 7.79. The Hall–Kier alpha value is -2.01. The second kappa shape index (κ2) is 5.77. The van der Waals surface area contributed by atoms with Gasteiger partial charge < -0.3 is 11.1 Å². The summed E-state index contributed by atoms with van der Waals surface area (Å²) in [6, 6.07) is 5.06. The molecule has 0 saturated heterocycles. The summed E-state index contributed by atoms with van der Waals surface area (Å²) < 4.78 is 1.88. The Morgan fingerprint density at radius 3 is 2.62 bits per heavy atom. The molecule has 6 heteroatoms. The maximum atomic E-state index is 12.4. The first-order valence-electron chi connectivity index (χ1n) is 6.73. The Labute approximate surface area is 129 Å². The summed E-state index contributed by atoms with van der Waals surface area (Å²) >= 11 is 5.92. The molecular formula is C15H19ClN4O. The molecule has 0 aliphatic carbocycles. The van der Waals surface area contributed by atoms with Crippen molar-refractivity contribution in [1.82, 2.24) is 9.78 Å². The van der Waals surface area contributed by atoms with Crippen LogP contribution in [-0.4, -0.2) is 15.7 Å². The zero-order valence-electron chi connectivity index (χ0n) is 12.6. The smallest absolute Gasteiger partial charge is 0.257 e. The van der Waals surface area contributed by atoms with Gasteiger partial charge in [0, 0.05) is 16.8 Å². The van der Waals surface area contributed by atoms with Crippen LogP contribution in [0.4, 0.5) is 11.4 Å². The van der Waals surface area contributed by atoms with Crippen molar-refractivity contribution in [2.75, 3.05) is 11.1 Å². The zero-order chi connectivity index (χ0) is 15.7. The molecule has 1 heterocycles. The predicted molar refractivity (Wildman–Crippen MR) is 85.9 cm³/mol. The highest BCUT2D eigenvalue weighted by atomic mass is 35.5. The van der Waals surface area contributed by atoms with Gasteiger partial charge in [-0.1, -0.05) is 11.6 Å². The number of aryl methyl sites for hydroxylation is 1. The second-order valence-corrected chi connectivity index (χ2v) is 5.71. The van der Waals surface area contributed by atoms with Gasteiger partial charge in [-0.25, -0.2) is 0 Å². The molecule has 0 unspecified atom stereocenters. The van der Waals surface area contributed by atoms with Gasteiger partial charge in [-0.3, -0.25) is 9.48 Å². The van der Waals surface area contributed by atoms with Gasteiger partial charge in [0.2, 0.25) is 0 Å². The molecule has 0 radical (unpaired) electrons. The number of anilines is 2. The molecule has 0 saturated carbocycles. The van der Waals surface area contributed by atoms with E-state index in [4.69, 9.17) is 17.3 Å². The lowest BCUT2D eigenvalue weighted by Gasteiger charge is -2.10. The summed E-state index contributed by atoms with van der Waals surface area (Å²) in [5.41, 5.74) is 8.99. The molecule has 0 spiro atoms. The largest absolute Gasteiger partial charge is 0.398 e. The van der Waals surface area contributed by atoms with Crippen molar-refractivity contribution in [2.24, 2.45) is 0 Å². The molecule has 2 aromatic rings. The fraction of sp³-hybridized carbons (Fsp3) is 0.333. The molecule has 2 rings (SSSR count). The van der Waals surface area contributed by atoms with Crippen LogP contribution in [0.15, 0.2) is 18.2 Å². The highest BCUT2D eigenvalue weighted by Crippen LogP contribution is 2.25. The van der Waals surface area contributed by atoms with Crippen molar-refractivity contribution in [1.29, 1.82) is 0 Å². The van der Waals surface area contributed by atoms with E-state index in [1.807, 2.05) is 32.4 Å². The fourth-order valence-corrected chi connectivity index (χ4v) is 2.42. The molecule has 0 aliphatic rings. The predicted octanol–water partition coefficient (Wildman–Crippen LogP) is 3.57. The molecule has 3 N–H and O–H groups in total. The first-order chi connectivity index (χ1) is 9.81. The molecule has 1 aromatic carbocycles. The van der Waals surface area contributed by atoms with Crippen LogP contribution in [0.25, 0.3) is 0 Å². The summed E-state index contributed by atoms with van der Waals surface area (Å²) in [7, 11) is 0. The number of aromatic nitrogens is 2. The number of amides is 1. The Kier molecular flexibility index (Phi) is 4.23. The number of carbonyl (C=O) groups is 1. The Balaban J connectivity index is 2.34. The maximum Gasteiger partial charge on any atom is 0.257 e. The van der Waals surface area contributed by atoms with E-state index in [2.05, 4.69) is 10.4 Å². The number of nitrogen functional groups attached to an aromatic ring is 1. The standard InChI is InChI=1S/C15H19ClN4O/c1-8(2)20-10(4)14(9(3)19-20)18-15(21)12-7-11(16)5-6-13(12)17/h5-8H,17H2,1-4H3,(H,18,21). The van der Waals surface area contributed by atoms with Gasteiger partial charge in [0.1, 0.15) is 0 Å². The zero-order valence-corrected chi connectivity index (χ0v) is 13.3. The van der Waals surface area contributed by atoms with Gasteiger partial charge in [0.05, 0.1) is 22.6 Å². The summed E-state index contributed by atoms with van der Waals surface area (Å²) in [5.74, 6) is -0.287. The number of nitrogens with two attached hydrogens (primary N) is 1. The van der Waals surface area contributed by atoms with Crippen molar-refractivity contribution >= 4 is 28.9 Å². The highest BCUT2D eigenvalue weighted by Gasteiger charge is 2.18. The molecule has 1 amide bonds. The van der Waals surface area contributed by atoms with E-state index in [1.54, 1.807) is 18.2 Å². The fourth-order valence-electron chi connectivity index (χ4n) is 2.25. The molecule has 0 aliphatic heterocycles. The van der Waals surface area contributed by atoms with Gasteiger partial charge >= 0.3 is 0 Å². The van der Waals surface area contributed by atoms with E-state index in [-0.39, 0.29) is 11.9 Å². The van der Waals surface area contributed by atoms with Crippen LogP contribution in [0.1, 0.15) is 41.6 Å². The van der Waals surface area contributed by atoms with E-state index in [0.717, 1.165) is 11.4 Å². The molecule has 21 heavy (non-hydrogen) atoms. The van der Waals surface area contributed by atoms with E-state index < -0.39 is 0 Å². The lowest BCUT2D eigenvalue weighted by molar-refractivity contribution is 0.102. The Bertz CT molecular complexity index is 691. The second-order valence-electron chi connectivity index (χ2n) is 5.27. The molecule has 0 atom stereocenters. The van der Waals surface area contributed by atoms with Crippen molar-refractivity contribution in [3.8, 4) is 0 Å². The third kappa shape index (κ3) is 3.03. The lowest BCUT2D eigenvalue weighted by Crippen LogP contribution is -2.15. The van der Waals surface area contributed by atoms with Crippen molar-refractivity contribution in [2.45, 2.75) is 33.7 Å². The van der Waals surface area contributed by atoms with Crippen molar-refractivity contribution in [3.05, 3.63) is 40.2 Å². The van der Waals surface area contributed by atoms with E-state index in [9.17, 15) is 4.79 Å². The van der Waals surface area contributed by atoms with Crippen LogP contribution >= 0.6 is 11.6 Å². The number of rotatable bonds is 3. The van der Waals surface area contributed by atoms with Gasteiger partial charge in [0.15, 0.2) is 0 Å². The van der Waals surface area contributed by atoms with Gasteiger partial charge in [0.25, 0.3) is 5.91 Å². The van der Waals surface area contributed by atoms with Crippen LogP contribution < -0.4 is 11.1 Å². The monoisotopic (exact) mass is 306 g/mol. The summed E-state index contributed by atoms with van der Waals surface area (Å²) in [6.07, 6.45) is 0. The van der Waals surface area contributed by atoms with Crippen LogP contribution in [0.3, 0.4) is 0 Å². The minimum Gasteiger partial charge on any atom is -0.398 e. The first-order valence-corrected chi connectivity index (χ1v) is 7.11. The number of carbonyl (C=O) groups excluding carboxylic acids is 1. The van der Waals surface area contributed by atoms with Crippen molar-refractivity contribution in [3.63, 3.8) is 0 Å². The number of halogens is 1. The van der Waals surface area contributed by atoms with Gasteiger partial charge in [-0.05, 0) is 45.9 Å². The Morgan fingerprint density at radius 1 is 1.38 bits per heavy atom. The van der Waals surface area contributed by atoms with Crippen LogP contribution in [0.2, 0.25) is 5.02 Å². The first kappa shape index (κ1) is 15.4. The molecule has 0 fully saturated rings. The summed E-state index contributed by atoms with van der Waals surface area (Å²) in [6.45, 7) is 7.87. The minimum absolute atomic E-state index is 0.227. The lowest BCUT2D eigenvalue weighted by atomic mass is 10.1. The van der Waals surface area contributed by atoms with Crippen LogP contribution in [-0.2, 0) is 0 Å². The molecular weight excluding hydrogens is 288 g/mol. The number of hydrogen-bond acceptors (Lipinski definition) is 3. The SMILES string of the molecule is Cc1nn(C(C)C)c(C)c1NC(=O)c1cc(Cl)ccc1N. The van der Waals surface area contributed by atoms with Gasteiger partial charge in [-0.15, -0.1) is 0 Å². The molecule has 5 nitrogen and oxygen atoms in total. The third-order valence-electron chi connectivity index (χ3n) is 3.31.